The van der Waals surface area contributed by atoms with Crippen LogP contribution in [0.5, 0.6) is 0 Å². The van der Waals surface area contributed by atoms with Gasteiger partial charge in [-0.25, -0.2) is 0 Å². The summed E-state index contributed by atoms with van der Waals surface area (Å²) in [5, 5.41) is 0.782. The molecule has 0 amide bonds. The minimum atomic E-state index is -0.122. The van der Waals surface area contributed by atoms with Crippen molar-refractivity contribution in [1.29, 1.82) is 0 Å². The molecule has 1 aliphatic carbocycles. The summed E-state index contributed by atoms with van der Waals surface area (Å²) in [6.07, 6.45) is 5.99. The summed E-state index contributed by atoms with van der Waals surface area (Å²) in [5.41, 5.74) is 1.23. The lowest BCUT2D eigenvalue weighted by molar-refractivity contribution is 0.399. The monoisotopic (exact) mass is 228 g/mol. The van der Waals surface area contributed by atoms with Crippen LogP contribution in [0.25, 0.3) is 0 Å². The van der Waals surface area contributed by atoms with Crippen molar-refractivity contribution in [3.8, 4) is 0 Å². The minimum Gasteiger partial charge on any atom is -0.114 e. The number of benzene rings is 1. The van der Waals surface area contributed by atoms with Gasteiger partial charge >= 0.3 is 0 Å². The first-order valence-corrected chi connectivity index (χ1v) is 5.91. The fourth-order valence-corrected chi connectivity index (χ4v) is 2.67. The van der Waals surface area contributed by atoms with Crippen molar-refractivity contribution in [2.24, 2.45) is 0 Å². The molecule has 1 aromatic carbocycles. The van der Waals surface area contributed by atoms with E-state index in [1.807, 2.05) is 12.1 Å². The summed E-state index contributed by atoms with van der Waals surface area (Å²) in [4.78, 5) is -0.122. The molecule has 0 aliphatic heterocycles. The smallest absolute Gasteiger partial charge is 0.0695 e. The topological polar surface area (TPSA) is 0 Å². The molecule has 0 radical (unpaired) electrons. The predicted octanol–water partition coefficient (Wildman–Crippen LogP) is 4.74. The Morgan fingerprint density at radius 1 is 0.929 bits per heavy atom. The van der Waals surface area contributed by atoms with Gasteiger partial charge in [-0.15, -0.1) is 11.6 Å². The summed E-state index contributed by atoms with van der Waals surface area (Å²) in [6, 6.07) is 7.96. The average Bonchev–Trinajstić information content (AvgIpc) is 2.19. The quantitative estimate of drug-likeness (QED) is 0.610. The zero-order chi connectivity index (χ0) is 10.0. The van der Waals surface area contributed by atoms with E-state index in [1.165, 1.54) is 24.8 Å². The third-order valence-corrected chi connectivity index (χ3v) is 3.86. The van der Waals surface area contributed by atoms with Gasteiger partial charge in [0.1, 0.15) is 0 Å². The van der Waals surface area contributed by atoms with Gasteiger partial charge in [0, 0.05) is 5.02 Å². The fourth-order valence-electron chi connectivity index (χ4n) is 2.15. The van der Waals surface area contributed by atoms with Gasteiger partial charge in [-0.3, -0.25) is 0 Å². The Hall–Kier alpha value is -0.200. The molecule has 1 aromatic rings. The van der Waals surface area contributed by atoms with Crippen molar-refractivity contribution in [1.82, 2.24) is 0 Å². The second-order valence-corrected chi connectivity index (χ2v) is 5.19. The van der Waals surface area contributed by atoms with Crippen molar-refractivity contribution < 1.29 is 0 Å². The van der Waals surface area contributed by atoms with Gasteiger partial charge in [0.25, 0.3) is 0 Å². The van der Waals surface area contributed by atoms with Gasteiger partial charge in [0.2, 0.25) is 0 Å². The van der Waals surface area contributed by atoms with E-state index < -0.39 is 0 Å². The molecule has 1 aliphatic rings. The number of hydrogen-bond acceptors (Lipinski definition) is 0. The number of alkyl halides is 1. The molecule has 2 heteroatoms. The van der Waals surface area contributed by atoms with Crippen LogP contribution in [0.15, 0.2) is 24.3 Å². The standard InChI is InChI=1S/C12H14Cl2/c13-11-6-4-10(5-7-11)12(14)8-2-1-3-9-12/h4-7H,1-3,8-9H2. The Kier molecular flexibility index (Phi) is 3.04. The molecule has 2 rings (SSSR count). The van der Waals surface area contributed by atoms with Crippen LogP contribution in [-0.4, -0.2) is 0 Å². The van der Waals surface area contributed by atoms with Gasteiger partial charge in [-0.05, 0) is 30.5 Å². The molecule has 0 unspecified atom stereocenters. The van der Waals surface area contributed by atoms with E-state index in [1.54, 1.807) is 0 Å². The highest BCUT2D eigenvalue weighted by Crippen LogP contribution is 2.43. The highest BCUT2D eigenvalue weighted by atomic mass is 35.5. The first-order chi connectivity index (χ1) is 6.71. The Morgan fingerprint density at radius 3 is 2.07 bits per heavy atom. The van der Waals surface area contributed by atoms with Crippen molar-refractivity contribution >= 4 is 23.2 Å². The van der Waals surface area contributed by atoms with Gasteiger partial charge in [0.15, 0.2) is 0 Å². The lowest BCUT2D eigenvalue weighted by Crippen LogP contribution is -2.21. The van der Waals surface area contributed by atoms with E-state index in [0.29, 0.717) is 0 Å². The molecule has 0 nitrogen and oxygen atoms in total. The van der Waals surface area contributed by atoms with E-state index in [4.69, 9.17) is 23.2 Å². The fraction of sp³-hybridized carbons (Fsp3) is 0.500. The van der Waals surface area contributed by atoms with E-state index in [9.17, 15) is 0 Å². The Bertz CT molecular complexity index is 297. The molecule has 0 bridgehead atoms. The van der Waals surface area contributed by atoms with Crippen LogP contribution in [-0.2, 0) is 4.87 Å². The van der Waals surface area contributed by atoms with Crippen LogP contribution in [0, 0.1) is 0 Å². The van der Waals surface area contributed by atoms with E-state index >= 15 is 0 Å². The molecule has 14 heavy (non-hydrogen) atoms. The van der Waals surface area contributed by atoms with E-state index in [-0.39, 0.29) is 4.87 Å². The molecule has 1 saturated carbocycles. The summed E-state index contributed by atoms with van der Waals surface area (Å²) in [6.45, 7) is 0. The first-order valence-electron chi connectivity index (χ1n) is 5.16. The van der Waals surface area contributed by atoms with E-state index in [2.05, 4.69) is 12.1 Å². The van der Waals surface area contributed by atoms with Gasteiger partial charge in [0.05, 0.1) is 4.87 Å². The van der Waals surface area contributed by atoms with Crippen molar-refractivity contribution in [3.63, 3.8) is 0 Å². The van der Waals surface area contributed by atoms with Crippen LogP contribution >= 0.6 is 23.2 Å². The lowest BCUT2D eigenvalue weighted by atomic mass is 9.83. The summed E-state index contributed by atoms with van der Waals surface area (Å²) < 4.78 is 0. The van der Waals surface area contributed by atoms with Crippen LogP contribution in [0.2, 0.25) is 5.02 Å². The van der Waals surface area contributed by atoms with Crippen LogP contribution in [0.1, 0.15) is 37.7 Å². The van der Waals surface area contributed by atoms with Crippen LogP contribution in [0.3, 0.4) is 0 Å². The lowest BCUT2D eigenvalue weighted by Gasteiger charge is -2.31. The zero-order valence-electron chi connectivity index (χ0n) is 8.10. The number of rotatable bonds is 1. The molecular weight excluding hydrogens is 215 g/mol. The third-order valence-electron chi connectivity index (χ3n) is 3.01. The molecule has 0 N–H and O–H groups in total. The van der Waals surface area contributed by atoms with Crippen LogP contribution < -0.4 is 0 Å². The second kappa shape index (κ2) is 4.12. The highest BCUT2D eigenvalue weighted by Gasteiger charge is 2.30. The van der Waals surface area contributed by atoms with E-state index in [0.717, 1.165) is 17.9 Å². The maximum absolute atomic E-state index is 6.61. The maximum atomic E-state index is 6.61. The normalized spacial score (nSPS) is 20.7. The summed E-state index contributed by atoms with van der Waals surface area (Å²) in [5.74, 6) is 0. The molecule has 1 fully saturated rings. The predicted molar refractivity (Wildman–Crippen MR) is 62.1 cm³/mol. The summed E-state index contributed by atoms with van der Waals surface area (Å²) in [7, 11) is 0. The third kappa shape index (κ3) is 2.07. The number of hydrogen-bond donors (Lipinski definition) is 0. The Morgan fingerprint density at radius 2 is 1.50 bits per heavy atom. The molecule has 0 heterocycles. The average molecular weight is 229 g/mol. The Labute approximate surface area is 95.2 Å². The van der Waals surface area contributed by atoms with Crippen molar-refractivity contribution in [2.45, 2.75) is 37.0 Å². The zero-order valence-corrected chi connectivity index (χ0v) is 9.61. The largest absolute Gasteiger partial charge is 0.114 e. The van der Waals surface area contributed by atoms with Crippen LogP contribution in [0.4, 0.5) is 0 Å². The SMILES string of the molecule is Clc1ccc(C2(Cl)CCCCC2)cc1. The molecule has 0 saturated heterocycles. The molecule has 0 atom stereocenters. The molecular formula is C12H14Cl2. The minimum absolute atomic E-state index is 0.122. The highest BCUT2D eigenvalue weighted by molar-refractivity contribution is 6.30. The second-order valence-electron chi connectivity index (χ2n) is 4.03. The van der Waals surface area contributed by atoms with Crippen molar-refractivity contribution in [3.05, 3.63) is 34.9 Å². The maximum Gasteiger partial charge on any atom is 0.0695 e. The molecule has 0 spiro atoms. The van der Waals surface area contributed by atoms with Gasteiger partial charge in [-0.1, -0.05) is 43.0 Å². The molecule has 76 valence electrons. The van der Waals surface area contributed by atoms with Gasteiger partial charge < -0.3 is 0 Å². The summed E-state index contributed by atoms with van der Waals surface area (Å²) >= 11 is 12.5. The Balaban J connectivity index is 2.23. The molecule has 0 aromatic heterocycles. The van der Waals surface area contributed by atoms with Crippen molar-refractivity contribution in [2.75, 3.05) is 0 Å². The first kappa shape index (κ1) is 10.3. The van der Waals surface area contributed by atoms with Gasteiger partial charge in [-0.2, -0.15) is 0 Å². The number of halogens is 2.